The van der Waals surface area contributed by atoms with Crippen molar-refractivity contribution in [1.29, 1.82) is 0 Å². The Bertz CT molecular complexity index is 596. The molecule has 2 aromatic rings. The van der Waals surface area contributed by atoms with Crippen LogP contribution in [0.2, 0.25) is 0 Å². The van der Waals surface area contributed by atoms with E-state index >= 15 is 0 Å². The summed E-state index contributed by atoms with van der Waals surface area (Å²) in [5, 5.41) is 8.91. The van der Waals surface area contributed by atoms with Crippen molar-refractivity contribution >= 4 is 17.7 Å². The average molecular weight is 288 g/mol. The number of carbonyl (C=O) groups is 1. The molecular weight excluding hydrogens is 272 g/mol. The second-order valence-electron chi connectivity index (χ2n) is 4.28. The van der Waals surface area contributed by atoms with Crippen LogP contribution in [0.25, 0.3) is 0 Å². The van der Waals surface area contributed by atoms with E-state index in [4.69, 9.17) is 9.84 Å². The zero-order chi connectivity index (χ0) is 14.4. The quantitative estimate of drug-likeness (QED) is 0.825. The van der Waals surface area contributed by atoms with Gasteiger partial charge in [0.15, 0.2) is 0 Å². The fraction of sp³-hybridized carbons (Fsp3) is 0.188. The lowest BCUT2D eigenvalue weighted by Gasteiger charge is -2.12. The molecule has 0 unspecified atom stereocenters. The number of carboxylic acid groups (broad SMARTS) is 1. The Kier molecular flexibility index (Phi) is 5.07. The Balaban J connectivity index is 2.12. The third-order valence-electron chi connectivity index (χ3n) is 2.91. The fourth-order valence-corrected chi connectivity index (χ4v) is 2.47. The molecule has 0 fully saturated rings. The van der Waals surface area contributed by atoms with Crippen LogP contribution in [0.3, 0.4) is 0 Å². The molecule has 2 aromatic carbocycles. The standard InChI is InChI=1S/C16H16O3S/c1-20-15-9-5-4-8-14(15)19-11-13-7-3-2-6-12(13)10-16(17)18/h2-9H,10-11H2,1H3,(H,17,18). The van der Waals surface area contributed by atoms with Crippen molar-refractivity contribution in [2.45, 2.75) is 17.9 Å². The van der Waals surface area contributed by atoms with Gasteiger partial charge in [0.1, 0.15) is 12.4 Å². The summed E-state index contributed by atoms with van der Waals surface area (Å²) >= 11 is 1.63. The van der Waals surface area contributed by atoms with Crippen LogP contribution in [0.4, 0.5) is 0 Å². The van der Waals surface area contributed by atoms with Crippen LogP contribution in [0.1, 0.15) is 11.1 Å². The predicted octanol–water partition coefficient (Wildman–Crippen LogP) is 3.61. The van der Waals surface area contributed by atoms with Crippen LogP contribution >= 0.6 is 11.8 Å². The van der Waals surface area contributed by atoms with Gasteiger partial charge in [-0.25, -0.2) is 0 Å². The zero-order valence-corrected chi connectivity index (χ0v) is 12.0. The molecule has 0 saturated heterocycles. The highest BCUT2D eigenvalue weighted by Crippen LogP contribution is 2.27. The number of rotatable bonds is 6. The van der Waals surface area contributed by atoms with Crippen LogP contribution in [-0.2, 0) is 17.8 Å². The Hall–Kier alpha value is -1.94. The van der Waals surface area contributed by atoms with Gasteiger partial charge < -0.3 is 9.84 Å². The minimum atomic E-state index is -0.832. The zero-order valence-electron chi connectivity index (χ0n) is 11.2. The molecular formula is C16H16O3S. The molecule has 1 N–H and O–H groups in total. The van der Waals surface area contributed by atoms with E-state index in [9.17, 15) is 4.79 Å². The van der Waals surface area contributed by atoms with Gasteiger partial charge in [-0.3, -0.25) is 4.79 Å². The second kappa shape index (κ2) is 7.01. The molecule has 4 heteroatoms. The molecule has 0 heterocycles. The highest BCUT2D eigenvalue weighted by atomic mass is 32.2. The summed E-state index contributed by atoms with van der Waals surface area (Å²) in [4.78, 5) is 11.9. The van der Waals surface area contributed by atoms with Gasteiger partial charge in [-0.05, 0) is 29.5 Å². The topological polar surface area (TPSA) is 46.5 Å². The van der Waals surface area contributed by atoms with Crippen molar-refractivity contribution < 1.29 is 14.6 Å². The lowest BCUT2D eigenvalue weighted by Crippen LogP contribution is -2.06. The maximum Gasteiger partial charge on any atom is 0.307 e. The normalized spacial score (nSPS) is 10.2. The number of hydrogen-bond acceptors (Lipinski definition) is 3. The molecule has 0 aromatic heterocycles. The summed E-state index contributed by atoms with van der Waals surface area (Å²) < 4.78 is 5.82. The molecule has 0 radical (unpaired) electrons. The summed E-state index contributed by atoms with van der Waals surface area (Å²) in [7, 11) is 0. The summed E-state index contributed by atoms with van der Waals surface area (Å²) in [6.07, 6.45) is 2.02. The fourth-order valence-electron chi connectivity index (χ4n) is 1.93. The lowest BCUT2D eigenvalue weighted by atomic mass is 10.1. The SMILES string of the molecule is CSc1ccccc1OCc1ccccc1CC(=O)O. The molecule has 0 aliphatic heterocycles. The van der Waals surface area contributed by atoms with E-state index in [2.05, 4.69) is 0 Å². The molecule has 0 saturated carbocycles. The minimum Gasteiger partial charge on any atom is -0.488 e. The van der Waals surface area contributed by atoms with Gasteiger partial charge in [-0.1, -0.05) is 36.4 Å². The van der Waals surface area contributed by atoms with Crippen LogP contribution < -0.4 is 4.74 Å². The van der Waals surface area contributed by atoms with Crippen molar-refractivity contribution in [2.24, 2.45) is 0 Å². The van der Waals surface area contributed by atoms with E-state index in [-0.39, 0.29) is 6.42 Å². The van der Waals surface area contributed by atoms with Crippen molar-refractivity contribution in [1.82, 2.24) is 0 Å². The monoisotopic (exact) mass is 288 g/mol. The highest BCUT2D eigenvalue weighted by Gasteiger charge is 2.08. The number of thioether (sulfide) groups is 1. The summed E-state index contributed by atoms with van der Waals surface area (Å²) in [6.45, 7) is 0.376. The summed E-state index contributed by atoms with van der Waals surface area (Å²) in [5.41, 5.74) is 1.70. The molecule has 20 heavy (non-hydrogen) atoms. The summed E-state index contributed by atoms with van der Waals surface area (Å²) in [5.74, 6) is -0.00732. The van der Waals surface area contributed by atoms with Crippen molar-refractivity contribution in [2.75, 3.05) is 6.26 Å². The van der Waals surface area contributed by atoms with Crippen LogP contribution in [0, 0.1) is 0 Å². The number of ether oxygens (including phenoxy) is 1. The van der Waals surface area contributed by atoms with E-state index in [1.807, 2.05) is 54.8 Å². The predicted molar refractivity (Wildman–Crippen MR) is 80.3 cm³/mol. The van der Waals surface area contributed by atoms with E-state index in [0.29, 0.717) is 6.61 Å². The molecule has 0 spiro atoms. The number of aliphatic carboxylic acids is 1. The first-order valence-corrected chi connectivity index (χ1v) is 7.47. The van der Waals surface area contributed by atoms with E-state index < -0.39 is 5.97 Å². The molecule has 0 amide bonds. The number of carboxylic acids is 1. The molecule has 0 aliphatic rings. The van der Waals surface area contributed by atoms with Gasteiger partial charge in [-0.15, -0.1) is 11.8 Å². The first-order valence-electron chi connectivity index (χ1n) is 6.25. The number of para-hydroxylation sites is 1. The second-order valence-corrected chi connectivity index (χ2v) is 5.13. The first-order chi connectivity index (χ1) is 9.70. The van der Waals surface area contributed by atoms with Gasteiger partial charge in [-0.2, -0.15) is 0 Å². The van der Waals surface area contributed by atoms with E-state index in [1.165, 1.54) is 0 Å². The van der Waals surface area contributed by atoms with Gasteiger partial charge in [0.2, 0.25) is 0 Å². The van der Waals surface area contributed by atoms with Crippen molar-refractivity contribution in [3.05, 3.63) is 59.7 Å². The van der Waals surface area contributed by atoms with Crippen LogP contribution in [0.5, 0.6) is 5.75 Å². The van der Waals surface area contributed by atoms with Gasteiger partial charge in [0.05, 0.1) is 6.42 Å². The first kappa shape index (κ1) is 14.5. The Morgan fingerprint density at radius 2 is 1.75 bits per heavy atom. The van der Waals surface area contributed by atoms with Crippen LogP contribution in [0.15, 0.2) is 53.4 Å². The van der Waals surface area contributed by atoms with Gasteiger partial charge in [0, 0.05) is 4.90 Å². The summed E-state index contributed by atoms with van der Waals surface area (Å²) in [6, 6.07) is 15.3. The average Bonchev–Trinajstić information content (AvgIpc) is 2.46. The van der Waals surface area contributed by atoms with Crippen molar-refractivity contribution in [3.63, 3.8) is 0 Å². The van der Waals surface area contributed by atoms with E-state index in [1.54, 1.807) is 11.8 Å². The maximum atomic E-state index is 10.9. The molecule has 104 valence electrons. The van der Waals surface area contributed by atoms with Crippen molar-refractivity contribution in [3.8, 4) is 5.75 Å². The van der Waals surface area contributed by atoms with Gasteiger partial charge >= 0.3 is 5.97 Å². The maximum absolute atomic E-state index is 10.9. The molecule has 0 bridgehead atoms. The molecule has 2 rings (SSSR count). The van der Waals surface area contributed by atoms with Crippen LogP contribution in [-0.4, -0.2) is 17.3 Å². The Labute approximate surface area is 122 Å². The number of benzene rings is 2. The Morgan fingerprint density at radius 1 is 1.10 bits per heavy atom. The third-order valence-corrected chi connectivity index (χ3v) is 3.69. The minimum absolute atomic E-state index is 0.0176. The van der Waals surface area contributed by atoms with E-state index in [0.717, 1.165) is 21.8 Å². The van der Waals surface area contributed by atoms with Gasteiger partial charge in [0.25, 0.3) is 0 Å². The molecule has 0 aliphatic carbocycles. The Morgan fingerprint density at radius 3 is 2.45 bits per heavy atom. The molecule has 0 atom stereocenters. The smallest absolute Gasteiger partial charge is 0.307 e. The lowest BCUT2D eigenvalue weighted by molar-refractivity contribution is -0.136. The number of hydrogen-bond donors (Lipinski definition) is 1. The third kappa shape index (κ3) is 3.78. The molecule has 3 nitrogen and oxygen atoms in total. The highest BCUT2D eigenvalue weighted by molar-refractivity contribution is 7.98. The largest absolute Gasteiger partial charge is 0.488 e.